The van der Waals surface area contributed by atoms with E-state index in [1.54, 1.807) is 0 Å². The molecule has 1 aliphatic heterocycles. The highest BCUT2D eigenvalue weighted by Crippen LogP contribution is 2.26. The van der Waals surface area contributed by atoms with Crippen molar-refractivity contribution in [3.63, 3.8) is 0 Å². The van der Waals surface area contributed by atoms with Gasteiger partial charge in [-0.25, -0.2) is 0 Å². The summed E-state index contributed by atoms with van der Waals surface area (Å²) in [6, 6.07) is 6.11. The number of benzene rings is 1. The summed E-state index contributed by atoms with van der Waals surface area (Å²) in [5.74, 6) is -0.0201. The van der Waals surface area contributed by atoms with Crippen LogP contribution in [0.2, 0.25) is 0 Å². The lowest BCUT2D eigenvalue weighted by molar-refractivity contribution is -0.114. The maximum absolute atomic E-state index is 10.9. The predicted molar refractivity (Wildman–Crippen MR) is 66.9 cm³/mol. The van der Waals surface area contributed by atoms with E-state index in [4.69, 9.17) is 0 Å². The second-order valence-corrected chi connectivity index (χ2v) is 4.38. The molecular formula is C13H18N2O. The molecule has 0 aliphatic carbocycles. The quantitative estimate of drug-likeness (QED) is 0.827. The first-order valence-electron chi connectivity index (χ1n) is 5.80. The highest BCUT2D eigenvalue weighted by molar-refractivity contribution is 5.89. The Kier molecular flexibility index (Phi) is 3.13. The fourth-order valence-electron chi connectivity index (χ4n) is 2.25. The highest BCUT2D eigenvalue weighted by Gasteiger charge is 2.14. The second-order valence-electron chi connectivity index (χ2n) is 4.38. The summed E-state index contributed by atoms with van der Waals surface area (Å²) in [7, 11) is 0. The molecule has 1 aromatic carbocycles. The molecule has 1 heterocycles. The molecule has 0 spiro atoms. The molecule has 1 N–H and O–H groups in total. The molecule has 3 heteroatoms. The number of nitrogens with zero attached hydrogens (tertiary/aromatic N) is 1. The largest absolute Gasteiger partial charge is 0.371 e. The zero-order valence-corrected chi connectivity index (χ0v) is 9.92. The lowest BCUT2D eigenvalue weighted by Gasteiger charge is -2.20. The van der Waals surface area contributed by atoms with Gasteiger partial charge >= 0.3 is 0 Å². The summed E-state index contributed by atoms with van der Waals surface area (Å²) in [5.41, 5.74) is 3.41. The number of carbonyl (C=O) groups excluding carboxylic acids is 1. The van der Waals surface area contributed by atoms with E-state index in [9.17, 15) is 4.79 Å². The first-order chi connectivity index (χ1) is 7.66. The van der Waals surface area contributed by atoms with Crippen LogP contribution in [0.1, 0.15) is 25.3 Å². The normalized spacial score (nSPS) is 15.2. The van der Waals surface area contributed by atoms with Gasteiger partial charge in [-0.05, 0) is 43.5 Å². The van der Waals surface area contributed by atoms with Crippen LogP contribution in [0.4, 0.5) is 11.4 Å². The molecule has 0 radical (unpaired) electrons. The van der Waals surface area contributed by atoms with Crippen molar-refractivity contribution in [2.45, 2.75) is 26.7 Å². The molecule has 3 nitrogen and oxygen atoms in total. The van der Waals surface area contributed by atoms with Crippen molar-refractivity contribution in [3.05, 3.63) is 23.8 Å². The standard InChI is InChI=1S/C13H18N2O/c1-10-9-12(14-11(2)16)5-6-13(10)15-7-3-4-8-15/h5-6,9H,3-4,7-8H2,1-2H3,(H,14,16). The van der Waals surface area contributed by atoms with Crippen molar-refractivity contribution in [2.75, 3.05) is 23.3 Å². The fraction of sp³-hybridized carbons (Fsp3) is 0.462. The Labute approximate surface area is 96.5 Å². The molecule has 2 rings (SSSR count). The molecule has 1 aromatic rings. The van der Waals surface area contributed by atoms with Crippen molar-refractivity contribution >= 4 is 17.3 Å². The number of hydrogen-bond donors (Lipinski definition) is 1. The molecule has 1 amide bonds. The van der Waals surface area contributed by atoms with Gasteiger partial charge in [0.1, 0.15) is 0 Å². The number of nitrogens with one attached hydrogen (secondary N) is 1. The van der Waals surface area contributed by atoms with Crippen LogP contribution in [-0.2, 0) is 4.79 Å². The molecule has 0 unspecified atom stereocenters. The van der Waals surface area contributed by atoms with Gasteiger partial charge < -0.3 is 10.2 Å². The summed E-state index contributed by atoms with van der Waals surface area (Å²) < 4.78 is 0. The zero-order valence-electron chi connectivity index (χ0n) is 9.92. The highest BCUT2D eigenvalue weighted by atomic mass is 16.1. The molecular weight excluding hydrogens is 200 g/mol. The minimum atomic E-state index is -0.0201. The van der Waals surface area contributed by atoms with Gasteiger partial charge in [-0.2, -0.15) is 0 Å². The smallest absolute Gasteiger partial charge is 0.221 e. The number of carbonyl (C=O) groups is 1. The van der Waals surface area contributed by atoms with Crippen LogP contribution in [-0.4, -0.2) is 19.0 Å². The summed E-state index contributed by atoms with van der Waals surface area (Å²) in [5, 5.41) is 2.81. The number of hydrogen-bond acceptors (Lipinski definition) is 2. The van der Waals surface area contributed by atoms with Gasteiger partial charge in [0.25, 0.3) is 0 Å². The minimum absolute atomic E-state index is 0.0201. The molecule has 16 heavy (non-hydrogen) atoms. The number of amides is 1. The van der Waals surface area contributed by atoms with E-state index >= 15 is 0 Å². The van der Waals surface area contributed by atoms with Gasteiger partial charge in [0, 0.05) is 31.4 Å². The number of anilines is 2. The molecule has 0 bridgehead atoms. The molecule has 1 saturated heterocycles. The van der Waals surface area contributed by atoms with Gasteiger partial charge in [-0.1, -0.05) is 0 Å². The van der Waals surface area contributed by atoms with E-state index in [0.29, 0.717) is 0 Å². The molecule has 86 valence electrons. The van der Waals surface area contributed by atoms with Gasteiger partial charge in [0.05, 0.1) is 0 Å². The van der Waals surface area contributed by atoms with Crippen LogP contribution in [0.3, 0.4) is 0 Å². The fourth-order valence-corrected chi connectivity index (χ4v) is 2.25. The average Bonchev–Trinajstić information content (AvgIpc) is 2.69. The Morgan fingerprint density at radius 2 is 2.00 bits per heavy atom. The summed E-state index contributed by atoms with van der Waals surface area (Å²) in [6.45, 7) is 5.93. The second kappa shape index (κ2) is 4.56. The maximum atomic E-state index is 10.9. The number of rotatable bonds is 2. The van der Waals surface area contributed by atoms with E-state index in [0.717, 1.165) is 18.8 Å². The first-order valence-corrected chi connectivity index (χ1v) is 5.80. The molecule has 0 saturated carbocycles. The summed E-state index contributed by atoms with van der Waals surface area (Å²) in [6.07, 6.45) is 2.57. The van der Waals surface area contributed by atoms with Crippen LogP contribution in [0.25, 0.3) is 0 Å². The number of aryl methyl sites for hydroxylation is 1. The van der Waals surface area contributed by atoms with E-state index in [-0.39, 0.29) is 5.91 Å². The van der Waals surface area contributed by atoms with Crippen molar-refractivity contribution in [1.82, 2.24) is 0 Å². The van der Waals surface area contributed by atoms with E-state index in [1.807, 2.05) is 12.1 Å². The molecule has 1 aliphatic rings. The zero-order chi connectivity index (χ0) is 11.5. The third-order valence-corrected chi connectivity index (χ3v) is 2.96. The van der Waals surface area contributed by atoms with Crippen molar-refractivity contribution in [3.8, 4) is 0 Å². The predicted octanol–water partition coefficient (Wildman–Crippen LogP) is 2.55. The summed E-state index contributed by atoms with van der Waals surface area (Å²) in [4.78, 5) is 13.4. The third kappa shape index (κ3) is 2.35. The Bertz CT molecular complexity index is 395. The topological polar surface area (TPSA) is 32.3 Å². The van der Waals surface area contributed by atoms with E-state index in [1.165, 1.54) is 31.0 Å². The van der Waals surface area contributed by atoms with Gasteiger partial charge in [-0.15, -0.1) is 0 Å². The Morgan fingerprint density at radius 1 is 1.31 bits per heavy atom. The Hall–Kier alpha value is -1.51. The third-order valence-electron chi connectivity index (χ3n) is 2.96. The van der Waals surface area contributed by atoms with Crippen LogP contribution < -0.4 is 10.2 Å². The van der Waals surface area contributed by atoms with Crippen LogP contribution in [0, 0.1) is 6.92 Å². The van der Waals surface area contributed by atoms with Crippen molar-refractivity contribution in [1.29, 1.82) is 0 Å². The lowest BCUT2D eigenvalue weighted by Crippen LogP contribution is -2.18. The monoisotopic (exact) mass is 218 g/mol. The van der Waals surface area contributed by atoms with Gasteiger partial charge in [-0.3, -0.25) is 4.79 Å². The molecule has 0 atom stereocenters. The van der Waals surface area contributed by atoms with Gasteiger partial charge in [0.2, 0.25) is 5.91 Å². The summed E-state index contributed by atoms with van der Waals surface area (Å²) >= 11 is 0. The lowest BCUT2D eigenvalue weighted by atomic mass is 10.1. The van der Waals surface area contributed by atoms with Crippen LogP contribution >= 0.6 is 0 Å². The van der Waals surface area contributed by atoms with E-state index < -0.39 is 0 Å². The first kappa shape index (κ1) is 11.0. The van der Waals surface area contributed by atoms with Crippen molar-refractivity contribution < 1.29 is 4.79 Å². The van der Waals surface area contributed by atoms with E-state index in [2.05, 4.69) is 23.2 Å². The maximum Gasteiger partial charge on any atom is 0.221 e. The average molecular weight is 218 g/mol. The Balaban J connectivity index is 2.18. The minimum Gasteiger partial charge on any atom is -0.371 e. The van der Waals surface area contributed by atoms with Gasteiger partial charge in [0.15, 0.2) is 0 Å². The Morgan fingerprint density at radius 3 is 2.56 bits per heavy atom. The molecule has 0 aromatic heterocycles. The SMILES string of the molecule is CC(=O)Nc1ccc(N2CCCC2)c(C)c1. The molecule has 1 fully saturated rings. The van der Waals surface area contributed by atoms with Crippen LogP contribution in [0.5, 0.6) is 0 Å². The van der Waals surface area contributed by atoms with Crippen LogP contribution in [0.15, 0.2) is 18.2 Å². The van der Waals surface area contributed by atoms with Crippen molar-refractivity contribution in [2.24, 2.45) is 0 Å².